The number of amides is 1. The zero-order valence-corrected chi connectivity index (χ0v) is 14.3. The molecule has 1 fully saturated rings. The molecule has 1 heterocycles. The number of benzene rings is 1. The summed E-state index contributed by atoms with van der Waals surface area (Å²) in [5.74, 6) is 0.857. The van der Waals surface area contributed by atoms with E-state index in [1.165, 1.54) is 11.3 Å². The van der Waals surface area contributed by atoms with Gasteiger partial charge in [-0.05, 0) is 43.7 Å². The van der Waals surface area contributed by atoms with E-state index in [1.807, 2.05) is 23.6 Å². The van der Waals surface area contributed by atoms with E-state index in [0.717, 1.165) is 31.4 Å². The molecular weight excluding hydrogens is 324 g/mol. The molecule has 1 aromatic heterocycles. The van der Waals surface area contributed by atoms with Crippen LogP contribution in [0, 0.1) is 5.92 Å². The summed E-state index contributed by atoms with van der Waals surface area (Å²) < 4.78 is 5.78. The second kappa shape index (κ2) is 8.26. The zero-order valence-electron chi connectivity index (χ0n) is 13.5. The lowest BCUT2D eigenvalue weighted by Gasteiger charge is -2.28. The number of carbonyl (C=O) groups excluding carboxylic acids is 1. The van der Waals surface area contributed by atoms with Crippen molar-refractivity contribution in [3.63, 3.8) is 0 Å². The van der Waals surface area contributed by atoms with Crippen molar-refractivity contribution < 1.29 is 14.6 Å². The van der Waals surface area contributed by atoms with Gasteiger partial charge in [-0.15, -0.1) is 11.3 Å². The molecule has 2 aromatic rings. The van der Waals surface area contributed by atoms with Gasteiger partial charge >= 0.3 is 0 Å². The highest BCUT2D eigenvalue weighted by molar-refractivity contribution is 7.07. The van der Waals surface area contributed by atoms with Crippen molar-refractivity contribution in [1.82, 2.24) is 10.3 Å². The number of rotatable bonds is 6. The van der Waals surface area contributed by atoms with Gasteiger partial charge in [0.15, 0.2) is 0 Å². The summed E-state index contributed by atoms with van der Waals surface area (Å²) in [7, 11) is 0. The molecule has 0 atom stereocenters. The summed E-state index contributed by atoms with van der Waals surface area (Å²) in [4.78, 5) is 16.8. The molecule has 0 aliphatic heterocycles. The van der Waals surface area contributed by atoms with Crippen LogP contribution in [-0.4, -0.2) is 28.6 Å². The van der Waals surface area contributed by atoms with E-state index >= 15 is 0 Å². The first-order valence-electron chi connectivity index (χ1n) is 8.27. The van der Waals surface area contributed by atoms with Crippen LogP contribution in [-0.2, 0) is 6.61 Å². The largest absolute Gasteiger partial charge is 0.486 e. The van der Waals surface area contributed by atoms with Crippen LogP contribution < -0.4 is 10.1 Å². The van der Waals surface area contributed by atoms with E-state index in [4.69, 9.17) is 4.74 Å². The number of para-hydroxylation sites is 1. The van der Waals surface area contributed by atoms with E-state index < -0.39 is 0 Å². The van der Waals surface area contributed by atoms with Gasteiger partial charge in [0, 0.05) is 18.0 Å². The summed E-state index contributed by atoms with van der Waals surface area (Å²) in [6.07, 6.45) is 3.75. The number of hydrogen-bond acceptors (Lipinski definition) is 5. The van der Waals surface area contributed by atoms with E-state index in [1.54, 1.807) is 11.6 Å². The zero-order chi connectivity index (χ0) is 16.8. The number of aromatic nitrogens is 1. The van der Waals surface area contributed by atoms with Crippen LogP contribution >= 0.6 is 11.3 Å². The van der Waals surface area contributed by atoms with Crippen LogP contribution in [0.2, 0.25) is 0 Å². The maximum atomic E-state index is 12.6. The molecule has 0 spiro atoms. The highest BCUT2D eigenvalue weighted by Gasteiger charge is 2.23. The summed E-state index contributed by atoms with van der Waals surface area (Å²) in [5, 5.41) is 14.2. The van der Waals surface area contributed by atoms with Crippen LogP contribution in [0.1, 0.15) is 41.7 Å². The summed E-state index contributed by atoms with van der Waals surface area (Å²) in [6.45, 7) is 0.601. The average molecular weight is 346 g/mol. The Morgan fingerprint density at radius 2 is 2.08 bits per heavy atom. The molecule has 6 heteroatoms. The molecule has 1 saturated carbocycles. The van der Waals surface area contributed by atoms with Crippen LogP contribution in [0.4, 0.5) is 0 Å². The Hall–Kier alpha value is -1.92. The standard InChI is InChI=1S/C18H22N2O3S/c21-9-13-5-7-14(8-6-13)20-18(22)16-3-1-2-4-17(16)23-10-15-11-24-12-19-15/h1-4,11-14,21H,5-10H2,(H,20,22). The maximum Gasteiger partial charge on any atom is 0.255 e. The minimum absolute atomic E-state index is 0.101. The third-order valence-corrected chi connectivity index (χ3v) is 5.07. The third kappa shape index (κ3) is 4.33. The van der Waals surface area contributed by atoms with Gasteiger partial charge < -0.3 is 15.2 Å². The molecule has 0 radical (unpaired) electrons. The van der Waals surface area contributed by atoms with Crippen LogP contribution in [0.3, 0.4) is 0 Å². The van der Waals surface area contributed by atoms with Crippen molar-refractivity contribution in [2.45, 2.75) is 38.3 Å². The monoisotopic (exact) mass is 346 g/mol. The van der Waals surface area contributed by atoms with Crippen molar-refractivity contribution in [2.24, 2.45) is 5.92 Å². The van der Waals surface area contributed by atoms with Crippen LogP contribution in [0.15, 0.2) is 35.2 Å². The van der Waals surface area contributed by atoms with Gasteiger partial charge in [0.2, 0.25) is 0 Å². The Kier molecular flexibility index (Phi) is 5.82. The van der Waals surface area contributed by atoms with Gasteiger partial charge in [-0.3, -0.25) is 4.79 Å². The minimum atomic E-state index is -0.101. The number of nitrogens with one attached hydrogen (secondary N) is 1. The van der Waals surface area contributed by atoms with Gasteiger partial charge in [-0.1, -0.05) is 12.1 Å². The molecule has 0 bridgehead atoms. The molecule has 128 valence electrons. The average Bonchev–Trinajstić information content (AvgIpc) is 3.14. The quantitative estimate of drug-likeness (QED) is 0.843. The van der Waals surface area contributed by atoms with Gasteiger partial charge in [-0.25, -0.2) is 4.98 Å². The molecule has 1 aromatic carbocycles. The predicted molar refractivity (Wildman–Crippen MR) is 93.2 cm³/mol. The molecule has 1 amide bonds. The normalized spacial score (nSPS) is 20.5. The third-order valence-electron chi connectivity index (χ3n) is 4.43. The maximum absolute atomic E-state index is 12.6. The smallest absolute Gasteiger partial charge is 0.255 e. The Bertz CT molecular complexity index is 652. The van der Waals surface area contributed by atoms with Crippen molar-refractivity contribution in [3.8, 4) is 5.75 Å². The molecule has 3 rings (SSSR count). The molecule has 0 unspecified atom stereocenters. The van der Waals surface area contributed by atoms with E-state index in [0.29, 0.717) is 23.8 Å². The number of hydrogen-bond donors (Lipinski definition) is 2. The Labute approximate surface area is 145 Å². The van der Waals surface area contributed by atoms with Crippen LogP contribution in [0.25, 0.3) is 0 Å². The predicted octanol–water partition coefficient (Wildman–Crippen LogP) is 3.00. The second-order valence-electron chi connectivity index (χ2n) is 6.14. The number of thiazole rings is 1. The lowest BCUT2D eigenvalue weighted by atomic mass is 9.86. The second-order valence-corrected chi connectivity index (χ2v) is 6.86. The molecule has 5 nitrogen and oxygen atoms in total. The van der Waals surface area contributed by atoms with Crippen molar-refractivity contribution in [1.29, 1.82) is 0 Å². The van der Waals surface area contributed by atoms with Crippen molar-refractivity contribution in [3.05, 3.63) is 46.4 Å². The highest BCUT2D eigenvalue weighted by Crippen LogP contribution is 2.25. The van der Waals surface area contributed by atoms with Crippen LogP contribution in [0.5, 0.6) is 5.75 Å². The van der Waals surface area contributed by atoms with Gasteiger partial charge in [0.1, 0.15) is 12.4 Å². The minimum Gasteiger partial charge on any atom is -0.486 e. The van der Waals surface area contributed by atoms with E-state index in [9.17, 15) is 9.90 Å². The van der Waals surface area contributed by atoms with Gasteiger partial charge in [0.05, 0.1) is 16.8 Å². The molecular formula is C18H22N2O3S. The van der Waals surface area contributed by atoms with E-state index in [-0.39, 0.29) is 18.6 Å². The van der Waals surface area contributed by atoms with Gasteiger partial charge in [0.25, 0.3) is 5.91 Å². The molecule has 1 aliphatic carbocycles. The fourth-order valence-corrected chi connectivity index (χ4v) is 3.54. The lowest BCUT2D eigenvalue weighted by molar-refractivity contribution is 0.0909. The summed E-state index contributed by atoms with van der Waals surface area (Å²) >= 11 is 1.52. The Morgan fingerprint density at radius 3 is 2.79 bits per heavy atom. The number of nitrogens with zero attached hydrogens (tertiary/aromatic N) is 1. The number of aliphatic hydroxyl groups excluding tert-OH is 1. The number of aliphatic hydroxyl groups is 1. The first-order valence-corrected chi connectivity index (χ1v) is 9.21. The SMILES string of the molecule is O=C(NC1CCC(CO)CC1)c1ccccc1OCc1cscn1. The molecule has 0 saturated heterocycles. The molecule has 24 heavy (non-hydrogen) atoms. The molecule has 2 N–H and O–H groups in total. The summed E-state index contributed by atoms with van der Waals surface area (Å²) in [5.41, 5.74) is 3.18. The first kappa shape index (κ1) is 16.9. The highest BCUT2D eigenvalue weighted by atomic mass is 32.1. The Balaban J connectivity index is 1.60. The lowest BCUT2D eigenvalue weighted by Crippen LogP contribution is -2.38. The number of ether oxygens (including phenoxy) is 1. The van der Waals surface area contributed by atoms with Crippen molar-refractivity contribution >= 4 is 17.2 Å². The van der Waals surface area contributed by atoms with Crippen molar-refractivity contribution in [2.75, 3.05) is 6.61 Å². The summed E-state index contributed by atoms with van der Waals surface area (Å²) in [6, 6.07) is 7.47. The Morgan fingerprint density at radius 1 is 1.29 bits per heavy atom. The van der Waals surface area contributed by atoms with E-state index in [2.05, 4.69) is 10.3 Å². The fourth-order valence-electron chi connectivity index (χ4n) is 2.99. The topological polar surface area (TPSA) is 71.5 Å². The number of carbonyl (C=O) groups is 1. The fraction of sp³-hybridized carbons (Fsp3) is 0.444. The molecule has 1 aliphatic rings. The van der Waals surface area contributed by atoms with Gasteiger partial charge in [-0.2, -0.15) is 0 Å². The first-order chi connectivity index (χ1) is 11.8.